The average molecular weight is 136 g/mol. The van der Waals surface area contributed by atoms with E-state index < -0.39 is 0 Å². The van der Waals surface area contributed by atoms with E-state index >= 15 is 0 Å². The van der Waals surface area contributed by atoms with Crippen LogP contribution in [0.25, 0.3) is 0 Å². The van der Waals surface area contributed by atoms with E-state index in [2.05, 4.69) is 4.98 Å². The molecule has 0 amide bonds. The van der Waals surface area contributed by atoms with Crippen LogP contribution in [0.2, 0.25) is 0 Å². The lowest BCUT2D eigenvalue weighted by atomic mass is 10.2. The lowest BCUT2D eigenvalue weighted by Gasteiger charge is -1.95. The fourth-order valence-electron chi connectivity index (χ4n) is 1.06. The van der Waals surface area contributed by atoms with Crippen LogP contribution < -0.4 is 10.5 Å². The van der Waals surface area contributed by atoms with Gasteiger partial charge in [0.1, 0.15) is 18.1 Å². The molecular formula is C7H8N2O. The first kappa shape index (κ1) is 5.68. The van der Waals surface area contributed by atoms with Crippen molar-refractivity contribution >= 4 is 0 Å². The van der Waals surface area contributed by atoms with Crippen molar-refractivity contribution in [2.45, 2.75) is 6.04 Å². The fourth-order valence-corrected chi connectivity index (χ4v) is 1.06. The highest BCUT2D eigenvalue weighted by atomic mass is 16.5. The molecule has 1 aromatic rings. The van der Waals surface area contributed by atoms with E-state index in [9.17, 15) is 0 Å². The summed E-state index contributed by atoms with van der Waals surface area (Å²) in [6, 6.07) is 3.70. The molecule has 1 aliphatic heterocycles. The summed E-state index contributed by atoms with van der Waals surface area (Å²) in [6.45, 7) is 0.562. The predicted octanol–water partition coefficient (Wildman–Crippen LogP) is 0.474. The van der Waals surface area contributed by atoms with Crippen LogP contribution in [0.15, 0.2) is 18.3 Å². The average Bonchev–Trinajstić information content (AvgIpc) is 2.34. The smallest absolute Gasteiger partial charge is 0.142 e. The molecule has 1 aliphatic rings. The minimum absolute atomic E-state index is 0.0313. The van der Waals surface area contributed by atoms with Gasteiger partial charge in [0.05, 0.1) is 6.04 Å². The van der Waals surface area contributed by atoms with Crippen molar-refractivity contribution in [2.75, 3.05) is 6.61 Å². The summed E-state index contributed by atoms with van der Waals surface area (Å²) in [7, 11) is 0. The second-order valence-electron chi connectivity index (χ2n) is 2.30. The molecule has 3 nitrogen and oxygen atoms in total. The highest BCUT2D eigenvalue weighted by Gasteiger charge is 2.20. The van der Waals surface area contributed by atoms with E-state index in [1.807, 2.05) is 12.1 Å². The van der Waals surface area contributed by atoms with Crippen molar-refractivity contribution < 1.29 is 4.74 Å². The quantitative estimate of drug-likeness (QED) is 0.564. The molecule has 0 aliphatic carbocycles. The minimum Gasteiger partial charge on any atom is -0.490 e. The van der Waals surface area contributed by atoms with Crippen LogP contribution in [0, 0.1) is 0 Å². The molecule has 2 rings (SSSR count). The summed E-state index contributed by atoms with van der Waals surface area (Å²) in [6.07, 6.45) is 1.73. The zero-order valence-corrected chi connectivity index (χ0v) is 5.45. The lowest BCUT2D eigenvalue weighted by Crippen LogP contribution is -2.11. The summed E-state index contributed by atoms with van der Waals surface area (Å²) in [5.74, 6) is 0.829. The van der Waals surface area contributed by atoms with Gasteiger partial charge in [-0.25, -0.2) is 0 Å². The van der Waals surface area contributed by atoms with Gasteiger partial charge in [-0.2, -0.15) is 0 Å². The monoisotopic (exact) mass is 136 g/mol. The first-order valence-corrected chi connectivity index (χ1v) is 3.21. The van der Waals surface area contributed by atoms with Gasteiger partial charge in [0.2, 0.25) is 0 Å². The maximum Gasteiger partial charge on any atom is 0.142 e. The third-order valence-electron chi connectivity index (χ3n) is 1.57. The molecule has 0 saturated carbocycles. The van der Waals surface area contributed by atoms with Crippen LogP contribution in [0.1, 0.15) is 11.7 Å². The topological polar surface area (TPSA) is 48.1 Å². The molecule has 3 heteroatoms. The third-order valence-corrected chi connectivity index (χ3v) is 1.57. The van der Waals surface area contributed by atoms with Crippen molar-refractivity contribution in [2.24, 2.45) is 5.73 Å². The molecule has 0 radical (unpaired) electrons. The molecule has 1 atom stereocenters. The van der Waals surface area contributed by atoms with Crippen molar-refractivity contribution in [3.8, 4) is 5.75 Å². The molecule has 10 heavy (non-hydrogen) atoms. The Morgan fingerprint density at radius 1 is 1.70 bits per heavy atom. The van der Waals surface area contributed by atoms with Crippen LogP contribution in [-0.4, -0.2) is 11.6 Å². The van der Waals surface area contributed by atoms with Crippen LogP contribution in [0.4, 0.5) is 0 Å². The van der Waals surface area contributed by atoms with Gasteiger partial charge in [0, 0.05) is 6.20 Å². The van der Waals surface area contributed by atoms with Crippen molar-refractivity contribution in [3.05, 3.63) is 24.0 Å². The Hall–Kier alpha value is -1.09. The van der Waals surface area contributed by atoms with Gasteiger partial charge in [0.25, 0.3) is 0 Å². The van der Waals surface area contributed by atoms with E-state index in [1.165, 1.54) is 0 Å². The zero-order valence-electron chi connectivity index (χ0n) is 5.45. The first-order chi connectivity index (χ1) is 4.88. The van der Waals surface area contributed by atoms with Crippen molar-refractivity contribution in [1.82, 2.24) is 4.98 Å². The van der Waals surface area contributed by atoms with Gasteiger partial charge >= 0.3 is 0 Å². The third kappa shape index (κ3) is 0.675. The fraction of sp³-hybridized carbons (Fsp3) is 0.286. The number of aromatic nitrogens is 1. The van der Waals surface area contributed by atoms with Crippen LogP contribution in [0.5, 0.6) is 5.75 Å². The van der Waals surface area contributed by atoms with Crippen LogP contribution in [-0.2, 0) is 0 Å². The number of nitrogens with two attached hydrogens (primary N) is 1. The Labute approximate surface area is 58.8 Å². The van der Waals surface area contributed by atoms with Crippen molar-refractivity contribution in [1.29, 1.82) is 0 Å². The van der Waals surface area contributed by atoms with Crippen LogP contribution in [0.3, 0.4) is 0 Å². The zero-order chi connectivity index (χ0) is 6.97. The Bertz CT molecular complexity index is 249. The van der Waals surface area contributed by atoms with E-state index in [-0.39, 0.29) is 6.04 Å². The maximum atomic E-state index is 5.66. The van der Waals surface area contributed by atoms with E-state index in [0.717, 1.165) is 11.4 Å². The molecular weight excluding hydrogens is 128 g/mol. The summed E-state index contributed by atoms with van der Waals surface area (Å²) in [4.78, 5) is 4.09. The van der Waals surface area contributed by atoms with Gasteiger partial charge in [0.15, 0.2) is 0 Å². The Kier molecular flexibility index (Phi) is 1.11. The normalized spacial score (nSPS) is 21.9. The molecule has 0 unspecified atom stereocenters. The number of ether oxygens (including phenoxy) is 1. The SMILES string of the molecule is N[C@@H]1COc2cccnc21. The lowest BCUT2D eigenvalue weighted by molar-refractivity contribution is 0.333. The van der Waals surface area contributed by atoms with E-state index in [0.29, 0.717) is 6.61 Å². The molecule has 0 fully saturated rings. The Morgan fingerprint density at radius 3 is 3.40 bits per heavy atom. The molecule has 0 spiro atoms. The van der Waals surface area contributed by atoms with Crippen molar-refractivity contribution in [3.63, 3.8) is 0 Å². The molecule has 0 aromatic carbocycles. The largest absolute Gasteiger partial charge is 0.490 e. The second kappa shape index (κ2) is 1.95. The van der Waals surface area contributed by atoms with Gasteiger partial charge < -0.3 is 10.5 Å². The molecule has 0 saturated heterocycles. The van der Waals surface area contributed by atoms with Crippen LogP contribution >= 0.6 is 0 Å². The molecule has 1 aromatic heterocycles. The Morgan fingerprint density at radius 2 is 2.60 bits per heavy atom. The predicted molar refractivity (Wildman–Crippen MR) is 36.7 cm³/mol. The minimum atomic E-state index is -0.0313. The number of hydrogen-bond donors (Lipinski definition) is 1. The summed E-state index contributed by atoms with van der Waals surface area (Å²) >= 11 is 0. The van der Waals surface area contributed by atoms with Gasteiger partial charge in [-0.3, -0.25) is 4.98 Å². The number of hydrogen-bond acceptors (Lipinski definition) is 3. The van der Waals surface area contributed by atoms with E-state index in [1.54, 1.807) is 6.20 Å². The number of rotatable bonds is 0. The molecule has 0 bridgehead atoms. The highest BCUT2D eigenvalue weighted by molar-refractivity contribution is 5.32. The number of nitrogens with zero attached hydrogens (tertiary/aromatic N) is 1. The molecule has 2 N–H and O–H groups in total. The molecule has 52 valence electrons. The van der Waals surface area contributed by atoms with Gasteiger partial charge in [-0.15, -0.1) is 0 Å². The number of fused-ring (bicyclic) bond motifs is 1. The molecule has 2 heterocycles. The summed E-state index contributed by atoms with van der Waals surface area (Å²) in [5, 5.41) is 0. The summed E-state index contributed by atoms with van der Waals surface area (Å²) < 4.78 is 5.22. The summed E-state index contributed by atoms with van der Waals surface area (Å²) in [5.41, 5.74) is 6.54. The highest BCUT2D eigenvalue weighted by Crippen LogP contribution is 2.27. The first-order valence-electron chi connectivity index (χ1n) is 3.21. The van der Waals surface area contributed by atoms with E-state index in [4.69, 9.17) is 10.5 Å². The standard InChI is InChI=1S/C7H8N2O/c8-5-4-10-6-2-1-3-9-7(5)6/h1-3,5H,4,8H2/t5-/m1/s1. The van der Waals surface area contributed by atoms with Gasteiger partial charge in [-0.05, 0) is 12.1 Å². The van der Waals surface area contributed by atoms with Gasteiger partial charge in [-0.1, -0.05) is 0 Å². The second-order valence-corrected chi connectivity index (χ2v) is 2.30. The number of pyridine rings is 1. The maximum absolute atomic E-state index is 5.66. The Balaban J connectivity index is 2.51.